The molecule has 1 aromatic heterocycles. The molecule has 25 heavy (non-hydrogen) atoms. The largest absolute Gasteiger partial charge is 0.384 e. The summed E-state index contributed by atoms with van der Waals surface area (Å²) < 4.78 is 0.466. The molecule has 1 aliphatic rings. The number of aliphatic hydroxyl groups is 1. The van der Waals surface area contributed by atoms with Crippen molar-refractivity contribution in [3.05, 3.63) is 60.8 Å². The second kappa shape index (κ2) is 6.06. The number of amidine groups is 1. The van der Waals surface area contributed by atoms with E-state index in [0.29, 0.717) is 10.4 Å². The maximum Gasteiger partial charge on any atom is 0.240 e. The Morgan fingerprint density at radius 3 is 2.44 bits per heavy atom. The van der Waals surface area contributed by atoms with Gasteiger partial charge in [-0.15, -0.1) is 0 Å². The molecule has 0 saturated carbocycles. The number of aliphatic imine (C=N–C) groups is 1. The van der Waals surface area contributed by atoms with Crippen LogP contribution in [-0.4, -0.2) is 29.1 Å². The molecule has 0 radical (unpaired) electrons. The number of fused-ring (bicyclic) bond motifs is 3. The highest BCUT2D eigenvalue weighted by Gasteiger charge is 2.47. The molecule has 2 aromatic carbocycles. The van der Waals surface area contributed by atoms with E-state index in [1.54, 1.807) is 0 Å². The first-order valence-corrected chi connectivity index (χ1v) is 8.68. The average molecular weight is 332 g/mol. The molecule has 0 spiro atoms. The molecular weight excluding hydrogens is 310 g/mol. The summed E-state index contributed by atoms with van der Waals surface area (Å²) in [6, 6.07) is 18.5. The third-order valence-corrected chi connectivity index (χ3v) is 4.78. The van der Waals surface area contributed by atoms with Gasteiger partial charge in [-0.3, -0.25) is 4.98 Å². The first kappa shape index (κ1) is 15.9. The van der Waals surface area contributed by atoms with Crippen LogP contribution in [0.25, 0.3) is 10.9 Å². The van der Waals surface area contributed by atoms with Gasteiger partial charge in [-0.2, -0.15) is 4.99 Å². The Bertz CT molecular complexity index is 950. The second-order valence-corrected chi connectivity index (χ2v) is 6.92. The van der Waals surface area contributed by atoms with E-state index < -0.39 is 0 Å². The lowest BCUT2D eigenvalue weighted by Gasteiger charge is -2.36. The zero-order chi connectivity index (χ0) is 17.4. The molecule has 0 fully saturated rings. The number of hydrogen-bond acceptors (Lipinski definition) is 3. The van der Waals surface area contributed by atoms with E-state index in [1.165, 1.54) is 0 Å². The van der Waals surface area contributed by atoms with Crippen molar-refractivity contribution in [3.63, 3.8) is 0 Å². The van der Waals surface area contributed by atoms with Crippen LogP contribution >= 0.6 is 0 Å². The van der Waals surface area contributed by atoms with Crippen molar-refractivity contribution in [1.29, 1.82) is 0 Å². The van der Waals surface area contributed by atoms with E-state index in [2.05, 4.69) is 37.0 Å². The van der Waals surface area contributed by atoms with Crippen LogP contribution in [0.5, 0.6) is 0 Å². The molecule has 4 rings (SSSR count). The maximum absolute atomic E-state index is 10.2. The molecule has 1 unspecified atom stereocenters. The van der Waals surface area contributed by atoms with Gasteiger partial charge in [0, 0.05) is 18.1 Å². The van der Waals surface area contributed by atoms with E-state index in [-0.39, 0.29) is 6.61 Å². The smallest absolute Gasteiger partial charge is 0.240 e. The Hall–Kier alpha value is -2.56. The molecule has 2 heterocycles. The number of quaternary nitrogens is 1. The van der Waals surface area contributed by atoms with Crippen LogP contribution in [0.15, 0.2) is 65.8 Å². The third-order valence-electron chi connectivity index (χ3n) is 4.78. The molecule has 3 aromatic rings. The summed E-state index contributed by atoms with van der Waals surface area (Å²) in [6.07, 6.45) is 1.83. The van der Waals surface area contributed by atoms with Crippen molar-refractivity contribution in [1.82, 2.24) is 9.47 Å². The summed E-state index contributed by atoms with van der Waals surface area (Å²) in [5.74, 6) is 1.18. The highest BCUT2D eigenvalue weighted by Crippen LogP contribution is 2.50. The number of para-hydroxylation sites is 2. The normalized spacial score (nSPS) is 19.3. The van der Waals surface area contributed by atoms with Gasteiger partial charge in [-0.1, -0.05) is 44.2 Å². The highest BCUT2D eigenvalue weighted by molar-refractivity contribution is 6.14. The van der Waals surface area contributed by atoms with Crippen molar-refractivity contribution in [2.75, 3.05) is 13.2 Å². The summed E-state index contributed by atoms with van der Waals surface area (Å²) in [5, 5.41) is 11.2. The van der Waals surface area contributed by atoms with Gasteiger partial charge < -0.3 is 5.11 Å². The second-order valence-electron chi connectivity index (χ2n) is 6.92. The van der Waals surface area contributed by atoms with Crippen LogP contribution < -0.4 is 4.48 Å². The zero-order valence-corrected chi connectivity index (χ0v) is 14.6. The predicted octanol–water partition coefficient (Wildman–Crippen LogP) is 4.57. The van der Waals surface area contributed by atoms with Crippen LogP contribution in [0.2, 0.25) is 0 Å². The molecule has 0 aliphatic carbocycles. The molecule has 0 amide bonds. The Labute approximate surface area is 147 Å². The lowest BCUT2D eigenvalue weighted by atomic mass is 10.0. The number of aromatic nitrogens is 1. The van der Waals surface area contributed by atoms with Crippen LogP contribution in [0.4, 0.5) is 17.1 Å². The van der Waals surface area contributed by atoms with Crippen molar-refractivity contribution < 1.29 is 5.11 Å². The van der Waals surface area contributed by atoms with E-state index in [0.717, 1.165) is 40.3 Å². The molecule has 1 aliphatic heterocycles. The number of pyridine rings is 1. The van der Waals surface area contributed by atoms with Crippen LogP contribution in [0, 0.1) is 5.92 Å². The molecule has 4 heteroatoms. The highest BCUT2D eigenvalue weighted by atomic mass is 16.3. The molecule has 0 saturated heterocycles. The van der Waals surface area contributed by atoms with Crippen LogP contribution in [0.1, 0.15) is 13.8 Å². The Kier molecular flexibility index (Phi) is 3.86. The molecule has 1 N–H and O–H groups in total. The first-order valence-electron chi connectivity index (χ1n) is 8.68. The van der Waals surface area contributed by atoms with Crippen LogP contribution in [0.3, 0.4) is 0 Å². The quantitative estimate of drug-likeness (QED) is 0.712. The topological polar surface area (TPSA) is 45.5 Å². The Balaban J connectivity index is 2.10. The fourth-order valence-corrected chi connectivity index (χ4v) is 3.92. The summed E-state index contributed by atoms with van der Waals surface area (Å²) in [4.78, 5) is 9.34. The van der Waals surface area contributed by atoms with Crippen molar-refractivity contribution >= 4 is 33.8 Å². The molecule has 1 atom stereocenters. The number of rotatable bonds is 4. The van der Waals surface area contributed by atoms with Crippen molar-refractivity contribution in [2.45, 2.75) is 13.8 Å². The van der Waals surface area contributed by atoms with Crippen molar-refractivity contribution in [3.8, 4) is 0 Å². The molecule has 4 nitrogen and oxygen atoms in total. The number of hydrogen-bond donors (Lipinski definition) is 1. The molecule has 126 valence electrons. The number of benzene rings is 2. The number of aliphatic hydroxyl groups excluding tert-OH is 1. The Morgan fingerprint density at radius 1 is 1.00 bits per heavy atom. The standard InChI is InChI=1S/C21H22N3O/c1-15(2)13-24(16-8-4-3-5-9-16)20(14-25)23-19-12-22-18-11-7-6-10-17(18)21(19)24/h3-12,15,25H,13-14H2,1-2H3/q+1. The summed E-state index contributed by atoms with van der Waals surface area (Å²) >= 11 is 0. The summed E-state index contributed by atoms with van der Waals surface area (Å²) in [7, 11) is 0. The van der Waals surface area contributed by atoms with E-state index in [9.17, 15) is 5.11 Å². The maximum atomic E-state index is 10.2. The van der Waals surface area contributed by atoms with Gasteiger partial charge in [0.05, 0.1) is 23.6 Å². The number of nitrogens with zero attached hydrogens (tertiary/aromatic N) is 3. The SMILES string of the molecule is CC(C)C[N+]1(c2ccccc2)C(CO)=Nc2cnc3ccccc3c21. The predicted molar refractivity (Wildman–Crippen MR) is 104 cm³/mol. The lowest BCUT2D eigenvalue weighted by Crippen LogP contribution is -2.51. The van der Waals surface area contributed by atoms with E-state index >= 15 is 0 Å². The first-order chi connectivity index (χ1) is 12.2. The van der Waals surface area contributed by atoms with Gasteiger partial charge in [0.25, 0.3) is 0 Å². The van der Waals surface area contributed by atoms with Crippen molar-refractivity contribution in [2.24, 2.45) is 10.9 Å². The molecule has 0 bridgehead atoms. The van der Waals surface area contributed by atoms with Gasteiger partial charge in [0.1, 0.15) is 18.0 Å². The monoisotopic (exact) mass is 332 g/mol. The van der Waals surface area contributed by atoms with Gasteiger partial charge in [-0.25, -0.2) is 4.48 Å². The Morgan fingerprint density at radius 2 is 1.72 bits per heavy atom. The minimum absolute atomic E-state index is 0.0787. The summed E-state index contributed by atoms with van der Waals surface area (Å²) in [6.45, 7) is 5.17. The van der Waals surface area contributed by atoms with Gasteiger partial charge in [0.15, 0.2) is 5.69 Å². The lowest BCUT2D eigenvalue weighted by molar-refractivity contribution is 0.335. The van der Waals surface area contributed by atoms with E-state index in [1.807, 2.05) is 42.6 Å². The fourth-order valence-electron chi connectivity index (χ4n) is 3.92. The fraction of sp³-hybridized carbons (Fsp3) is 0.238. The van der Waals surface area contributed by atoms with Crippen LogP contribution in [-0.2, 0) is 0 Å². The summed E-state index contributed by atoms with van der Waals surface area (Å²) in [5.41, 5.74) is 4.05. The minimum atomic E-state index is -0.0787. The zero-order valence-electron chi connectivity index (χ0n) is 14.6. The van der Waals surface area contributed by atoms with Gasteiger partial charge in [0.2, 0.25) is 5.84 Å². The van der Waals surface area contributed by atoms with E-state index in [4.69, 9.17) is 4.99 Å². The average Bonchev–Trinajstić information content (AvgIpc) is 2.97. The minimum Gasteiger partial charge on any atom is -0.384 e. The van der Waals surface area contributed by atoms with Gasteiger partial charge >= 0.3 is 0 Å². The molecular formula is C21H22N3O+. The third kappa shape index (κ3) is 2.37. The van der Waals surface area contributed by atoms with Gasteiger partial charge in [-0.05, 0) is 12.1 Å².